The van der Waals surface area contributed by atoms with Crippen molar-refractivity contribution in [2.75, 3.05) is 6.54 Å². The Balaban J connectivity index is 2.03. The molecule has 1 aromatic heterocycles. The summed E-state index contributed by atoms with van der Waals surface area (Å²) in [5, 5.41) is 7.80. The summed E-state index contributed by atoms with van der Waals surface area (Å²) < 4.78 is 2.25. The first-order valence-corrected chi connectivity index (χ1v) is 4.71. The molecule has 0 aromatic carbocycles. The zero-order chi connectivity index (χ0) is 7.97. The van der Waals surface area contributed by atoms with Crippen molar-refractivity contribution < 1.29 is 0 Å². The maximum absolute atomic E-state index is 4.44. The highest BCUT2D eigenvalue weighted by atomic mass is 15.3. The van der Waals surface area contributed by atoms with Gasteiger partial charge >= 0.3 is 0 Å². The maximum atomic E-state index is 4.44. The second-order valence-corrected chi connectivity index (χ2v) is 3.72. The quantitative estimate of drug-likeness (QED) is 0.665. The second-order valence-electron chi connectivity index (χ2n) is 3.72. The minimum atomic E-state index is 0.742. The van der Waals surface area contributed by atoms with E-state index in [-0.39, 0.29) is 0 Å². The van der Waals surface area contributed by atoms with Gasteiger partial charge in [-0.05, 0) is 12.8 Å². The van der Waals surface area contributed by atoms with E-state index in [1.54, 1.807) is 0 Å². The van der Waals surface area contributed by atoms with E-state index in [4.69, 9.17) is 0 Å². The fourth-order valence-corrected chi connectivity index (χ4v) is 1.91. The molecule has 0 amide bonds. The van der Waals surface area contributed by atoms with Crippen LogP contribution in [0.5, 0.6) is 0 Å². The summed E-state index contributed by atoms with van der Waals surface area (Å²) in [5.41, 5.74) is 2.89. The molecule has 1 aliphatic carbocycles. The van der Waals surface area contributed by atoms with E-state index in [1.807, 2.05) is 6.20 Å². The van der Waals surface area contributed by atoms with Crippen LogP contribution in [-0.4, -0.2) is 16.3 Å². The van der Waals surface area contributed by atoms with Crippen LogP contribution in [0.4, 0.5) is 0 Å². The van der Waals surface area contributed by atoms with Gasteiger partial charge in [-0.3, -0.25) is 4.68 Å². The Morgan fingerprint density at radius 3 is 3.25 bits per heavy atom. The Morgan fingerprint density at radius 2 is 2.42 bits per heavy atom. The lowest BCUT2D eigenvalue weighted by Crippen LogP contribution is -2.24. The highest BCUT2D eigenvalue weighted by molar-refractivity contribution is 5.21. The van der Waals surface area contributed by atoms with Gasteiger partial charge in [-0.15, -0.1) is 0 Å². The van der Waals surface area contributed by atoms with E-state index in [1.165, 1.54) is 24.1 Å². The molecule has 0 unspecified atom stereocenters. The van der Waals surface area contributed by atoms with Gasteiger partial charge in [0.2, 0.25) is 0 Å². The molecular weight excluding hydrogens is 150 g/mol. The van der Waals surface area contributed by atoms with Crippen LogP contribution in [0.25, 0.3) is 0 Å². The van der Waals surface area contributed by atoms with Crippen LogP contribution in [0.15, 0.2) is 6.20 Å². The number of fused-ring (bicyclic) bond motifs is 1. The zero-order valence-corrected chi connectivity index (χ0v) is 7.08. The Kier molecular flexibility index (Phi) is 1.29. The van der Waals surface area contributed by atoms with Crippen molar-refractivity contribution in [2.24, 2.45) is 0 Å². The summed E-state index contributed by atoms with van der Waals surface area (Å²) in [6.07, 6.45) is 5.86. The molecule has 12 heavy (non-hydrogen) atoms. The molecule has 2 aliphatic rings. The number of rotatable bonds is 1. The van der Waals surface area contributed by atoms with Crippen LogP contribution in [0, 0.1) is 0 Å². The predicted molar refractivity (Wildman–Crippen MR) is 45.9 cm³/mol. The molecule has 1 N–H and O–H groups in total. The van der Waals surface area contributed by atoms with Gasteiger partial charge in [0.05, 0.1) is 12.2 Å². The van der Waals surface area contributed by atoms with Crippen molar-refractivity contribution in [3.8, 4) is 0 Å². The molecule has 1 saturated carbocycles. The van der Waals surface area contributed by atoms with Crippen molar-refractivity contribution in [3.63, 3.8) is 0 Å². The third-order valence-electron chi connectivity index (χ3n) is 2.73. The van der Waals surface area contributed by atoms with E-state index in [0.29, 0.717) is 0 Å². The summed E-state index contributed by atoms with van der Waals surface area (Å²) in [6.45, 7) is 2.13. The zero-order valence-electron chi connectivity index (χ0n) is 7.08. The monoisotopic (exact) mass is 163 g/mol. The number of nitrogens with zero attached hydrogens (tertiary/aromatic N) is 2. The van der Waals surface area contributed by atoms with E-state index in [9.17, 15) is 0 Å². The van der Waals surface area contributed by atoms with Gasteiger partial charge in [0.25, 0.3) is 0 Å². The van der Waals surface area contributed by atoms with Crippen LogP contribution in [-0.2, 0) is 13.0 Å². The summed E-state index contributed by atoms with van der Waals surface area (Å²) in [4.78, 5) is 0. The van der Waals surface area contributed by atoms with Gasteiger partial charge in [0.15, 0.2) is 0 Å². The number of nitrogens with one attached hydrogen (secondary N) is 1. The van der Waals surface area contributed by atoms with Crippen molar-refractivity contribution in [2.45, 2.75) is 31.8 Å². The second kappa shape index (κ2) is 2.33. The van der Waals surface area contributed by atoms with E-state index >= 15 is 0 Å². The molecule has 1 aromatic rings. The Hall–Kier alpha value is -0.830. The Morgan fingerprint density at radius 1 is 1.50 bits per heavy atom. The topological polar surface area (TPSA) is 29.9 Å². The van der Waals surface area contributed by atoms with Crippen LogP contribution < -0.4 is 5.32 Å². The van der Waals surface area contributed by atoms with E-state index in [2.05, 4.69) is 15.1 Å². The molecule has 0 bridgehead atoms. The predicted octanol–water partition coefficient (Wildman–Crippen LogP) is 0.864. The Labute approximate surface area is 71.8 Å². The SMILES string of the molecule is c1nn(C2CC2)c2c1CNCC2. The fraction of sp³-hybridized carbons (Fsp3) is 0.667. The fourth-order valence-electron chi connectivity index (χ4n) is 1.91. The van der Waals surface area contributed by atoms with Crippen molar-refractivity contribution >= 4 is 0 Å². The van der Waals surface area contributed by atoms with Gasteiger partial charge in [0, 0.05) is 30.8 Å². The van der Waals surface area contributed by atoms with Crippen LogP contribution in [0.2, 0.25) is 0 Å². The first-order chi connectivity index (χ1) is 5.95. The minimum absolute atomic E-state index is 0.742. The molecule has 1 aliphatic heterocycles. The number of hydrogen-bond acceptors (Lipinski definition) is 2. The molecule has 0 saturated heterocycles. The van der Waals surface area contributed by atoms with Gasteiger partial charge in [0.1, 0.15) is 0 Å². The smallest absolute Gasteiger partial charge is 0.0537 e. The standard InChI is InChI=1S/C9H13N3/c1-2-8(1)12-9-3-4-10-5-7(9)6-11-12/h6,8,10H,1-5H2. The summed E-state index contributed by atoms with van der Waals surface area (Å²) in [6, 6.07) is 0.742. The largest absolute Gasteiger partial charge is 0.312 e. The molecule has 2 heterocycles. The molecule has 3 rings (SSSR count). The molecule has 0 spiro atoms. The first-order valence-electron chi connectivity index (χ1n) is 4.71. The summed E-state index contributed by atoms with van der Waals surface area (Å²) >= 11 is 0. The average Bonchev–Trinajstić information content (AvgIpc) is 2.86. The Bertz CT molecular complexity index is 299. The molecule has 1 fully saturated rings. The van der Waals surface area contributed by atoms with Crippen LogP contribution >= 0.6 is 0 Å². The molecule has 0 radical (unpaired) electrons. The van der Waals surface area contributed by atoms with Gasteiger partial charge in [-0.2, -0.15) is 5.10 Å². The summed E-state index contributed by atoms with van der Waals surface area (Å²) in [7, 11) is 0. The lowest BCUT2D eigenvalue weighted by atomic mass is 10.1. The minimum Gasteiger partial charge on any atom is -0.312 e. The van der Waals surface area contributed by atoms with E-state index in [0.717, 1.165) is 25.6 Å². The summed E-state index contributed by atoms with van der Waals surface area (Å²) in [5.74, 6) is 0. The molecule has 3 heteroatoms. The lowest BCUT2D eigenvalue weighted by Gasteiger charge is -2.14. The van der Waals surface area contributed by atoms with Crippen molar-refractivity contribution in [1.29, 1.82) is 0 Å². The van der Waals surface area contributed by atoms with E-state index < -0.39 is 0 Å². The van der Waals surface area contributed by atoms with Gasteiger partial charge < -0.3 is 5.32 Å². The first kappa shape index (κ1) is 6.66. The highest BCUT2D eigenvalue weighted by Gasteiger charge is 2.28. The molecule has 64 valence electrons. The third-order valence-corrected chi connectivity index (χ3v) is 2.73. The number of aromatic nitrogens is 2. The van der Waals surface area contributed by atoms with Crippen LogP contribution in [0.1, 0.15) is 30.1 Å². The normalized spacial score (nSPS) is 22.3. The maximum Gasteiger partial charge on any atom is 0.0537 e. The molecule has 3 nitrogen and oxygen atoms in total. The highest BCUT2D eigenvalue weighted by Crippen LogP contribution is 2.36. The van der Waals surface area contributed by atoms with Crippen LogP contribution in [0.3, 0.4) is 0 Å². The average molecular weight is 163 g/mol. The van der Waals surface area contributed by atoms with Crippen molar-refractivity contribution in [1.82, 2.24) is 15.1 Å². The van der Waals surface area contributed by atoms with Gasteiger partial charge in [-0.25, -0.2) is 0 Å². The molecule has 0 atom stereocenters. The van der Waals surface area contributed by atoms with Gasteiger partial charge in [-0.1, -0.05) is 0 Å². The number of hydrogen-bond donors (Lipinski definition) is 1. The molecular formula is C9H13N3. The third kappa shape index (κ3) is 0.894. The lowest BCUT2D eigenvalue weighted by molar-refractivity contribution is 0.562. The van der Waals surface area contributed by atoms with Crippen molar-refractivity contribution in [3.05, 3.63) is 17.5 Å².